The molecule has 0 radical (unpaired) electrons. The molecule has 38 heavy (non-hydrogen) atoms. The van der Waals surface area contributed by atoms with E-state index in [4.69, 9.17) is 16.3 Å². The average Bonchev–Trinajstić information content (AvgIpc) is 2.91. The van der Waals surface area contributed by atoms with Gasteiger partial charge < -0.3 is 14.5 Å². The second-order valence-corrected chi connectivity index (χ2v) is 10.3. The van der Waals surface area contributed by atoms with Gasteiger partial charge in [0.2, 0.25) is 0 Å². The molecule has 0 N–H and O–H groups in total. The molecule has 198 valence electrons. The zero-order valence-electron chi connectivity index (χ0n) is 22.0. The molecule has 1 aliphatic rings. The Morgan fingerprint density at radius 1 is 1.00 bits per heavy atom. The number of hydrogen-bond acceptors (Lipinski definition) is 6. The highest BCUT2D eigenvalue weighted by molar-refractivity contribution is 6.30. The Morgan fingerprint density at radius 2 is 1.68 bits per heavy atom. The number of ether oxygens (including phenoxy) is 1. The largest absolute Gasteiger partial charge is 0.462 e. The maximum atomic E-state index is 13.8. The van der Waals surface area contributed by atoms with Crippen molar-refractivity contribution in [1.29, 1.82) is 0 Å². The van der Waals surface area contributed by atoms with Crippen LogP contribution < -0.4 is 0 Å². The summed E-state index contributed by atoms with van der Waals surface area (Å²) in [6.07, 6.45) is 0. The molecule has 1 aromatic heterocycles. The lowest BCUT2D eigenvalue weighted by atomic mass is 10.1. The van der Waals surface area contributed by atoms with Crippen LogP contribution in [0.1, 0.15) is 57.7 Å². The Labute approximate surface area is 227 Å². The first-order valence-corrected chi connectivity index (χ1v) is 13.0. The van der Waals surface area contributed by atoms with E-state index in [0.29, 0.717) is 41.7 Å². The first-order chi connectivity index (χ1) is 18.2. The summed E-state index contributed by atoms with van der Waals surface area (Å²) < 4.78 is 5.47. The second kappa shape index (κ2) is 11.7. The third-order valence-electron chi connectivity index (χ3n) is 6.34. The molecule has 4 rings (SSSR count). The van der Waals surface area contributed by atoms with Crippen molar-refractivity contribution < 1.29 is 19.1 Å². The number of halogens is 1. The van der Waals surface area contributed by atoms with Crippen LogP contribution in [0.2, 0.25) is 5.02 Å². The van der Waals surface area contributed by atoms with E-state index >= 15 is 0 Å². The number of nitrogens with zero attached hydrogens (tertiary/aromatic N) is 4. The van der Waals surface area contributed by atoms with E-state index in [9.17, 15) is 14.4 Å². The Kier molecular flexibility index (Phi) is 8.42. The summed E-state index contributed by atoms with van der Waals surface area (Å²) in [7, 11) is 0. The number of benzene rings is 2. The summed E-state index contributed by atoms with van der Waals surface area (Å²) in [5.41, 5.74) is 1.73. The molecule has 0 bridgehead atoms. The molecule has 3 aromatic rings. The lowest BCUT2D eigenvalue weighted by Gasteiger charge is -2.40. The van der Waals surface area contributed by atoms with Crippen LogP contribution in [0.3, 0.4) is 0 Å². The van der Waals surface area contributed by atoms with Crippen molar-refractivity contribution in [2.75, 3.05) is 26.2 Å². The quantitative estimate of drug-likeness (QED) is 0.417. The van der Waals surface area contributed by atoms with Gasteiger partial charge in [0.1, 0.15) is 11.3 Å². The number of aryl methyl sites for hydroxylation is 1. The van der Waals surface area contributed by atoms with Crippen molar-refractivity contribution >= 4 is 29.4 Å². The fourth-order valence-electron chi connectivity index (χ4n) is 4.35. The molecule has 2 amide bonds. The Hall–Kier alpha value is -3.78. The van der Waals surface area contributed by atoms with E-state index in [-0.39, 0.29) is 35.7 Å². The summed E-state index contributed by atoms with van der Waals surface area (Å²) >= 11 is 5.96. The van der Waals surface area contributed by atoms with Gasteiger partial charge in [-0.15, -0.1) is 0 Å². The Morgan fingerprint density at radius 3 is 2.32 bits per heavy atom. The van der Waals surface area contributed by atoms with E-state index < -0.39 is 11.9 Å². The highest BCUT2D eigenvalue weighted by Gasteiger charge is 2.34. The third-order valence-corrected chi connectivity index (χ3v) is 6.60. The van der Waals surface area contributed by atoms with Crippen LogP contribution in [0, 0.1) is 12.8 Å². The molecular weight excluding hydrogens is 504 g/mol. The number of carbonyl (C=O) groups excluding carboxylic acids is 3. The van der Waals surface area contributed by atoms with Crippen molar-refractivity contribution in [2.24, 2.45) is 5.92 Å². The summed E-state index contributed by atoms with van der Waals surface area (Å²) in [6.45, 7) is 8.61. The molecule has 1 saturated heterocycles. The van der Waals surface area contributed by atoms with Crippen LogP contribution >= 0.6 is 11.6 Å². The monoisotopic (exact) mass is 534 g/mol. The van der Waals surface area contributed by atoms with Gasteiger partial charge in [-0.05, 0) is 44.0 Å². The normalized spacial score (nSPS) is 15.5. The molecule has 1 unspecified atom stereocenters. The minimum Gasteiger partial charge on any atom is -0.462 e. The third kappa shape index (κ3) is 6.02. The van der Waals surface area contributed by atoms with Crippen LogP contribution in [0.25, 0.3) is 11.4 Å². The van der Waals surface area contributed by atoms with Crippen molar-refractivity contribution in [3.05, 3.63) is 82.1 Å². The van der Waals surface area contributed by atoms with Crippen molar-refractivity contribution in [3.8, 4) is 11.4 Å². The minimum absolute atomic E-state index is 0.00906. The fourth-order valence-corrected chi connectivity index (χ4v) is 4.48. The van der Waals surface area contributed by atoms with Gasteiger partial charge in [-0.1, -0.05) is 55.8 Å². The number of piperazine rings is 1. The predicted molar refractivity (Wildman–Crippen MR) is 145 cm³/mol. The van der Waals surface area contributed by atoms with Crippen molar-refractivity contribution in [2.45, 2.75) is 33.7 Å². The molecule has 9 heteroatoms. The molecule has 1 fully saturated rings. The number of esters is 1. The van der Waals surface area contributed by atoms with Crippen molar-refractivity contribution in [3.63, 3.8) is 0 Å². The van der Waals surface area contributed by atoms with Gasteiger partial charge in [-0.25, -0.2) is 14.8 Å². The van der Waals surface area contributed by atoms with Gasteiger partial charge in [0.05, 0.1) is 12.3 Å². The Balaban J connectivity index is 1.62. The molecular formula is C29H31ClN4O4. The van der Waals surface area contributed by atoms with Crippen LogP contribution in [-0.4, -0.2) is 69.8 Å². The van der Waals surface area contributed by atoms with E-state index in [1.54, 1.807) is 41.0 Å². The summed E-state index contributed by atoms with van der Waals surface area (Å²) in [6, 6.07) is 15.8. The number of rotatable bonds is 6. The first kappa shape index (κ1) is 27.3. The zero-order valence-corrected chi connectivity index (χ0v) is 22.7. The molecule has 8 nitrogen and oxygen atoms in total. The second-order valence-electron chi connectivity index (χ2n) is 9.82. The SMILES string of the molecule is Cc1nc(-c2ccccc2)nc(C(=O)N2CCN(C(=O)c3ccc(Cl)cc3)C(C)C2)c1C(=O)OCC(C)C. The van der Waals surface area contributed by atoms with E-state index in [1.807, 2.05) is 51.1 Å². The summed E-state index contributed by atoms with van der Waals surface area (Å²) in [5, 5.41) is 0.558. The van der Waals surface area contributed by atoms with Gasteiger partial charge in [0.25, 0.3) is 11.8 Å². The average molecular weight is 535 g/mol. The van der Waals surface area contributed by atoms with Gasteiger partial charge in [0, 0.05) is 41.8 Å². The summed E-state index contributed by atoms with van der Waals surface area (Å²) in [5.74, 6) is -0.645. The van der Waals surface area contributed by atoms with E-state index in [0.717, 1.165) is 5.56 Å². The standard InChI is InChI=1S/C29H31ClN4O4/c1-18(2)17-38-29(37)24-20(4)31-26(21-8-6-5-7-9-21)32-25(24)28(36)33-14-15-34(19(3)16-33)27(35)22-10-12-23(30)13-11-22/h5-13,18-19H,14-17H2,1-4H3. The molecule has 0 saturated carbocycles. The van der Waals surface area contributed by atoms with Gasteiger partial charge in [-0.2, -0.15) is 0 Å². The molecule has 2 heterocycles. The first-order valence-electron chi connectivity index (χ1n) is 12.6. The maximum Gasteiger partial charge on any atom is 0.342 e. The van der Waals surface area contributed by atoms with Crippen molar-refractivity contribution in [1.82, 2.24) is 19.8 Å². The van der Waals surface area contributed by atoms with Crippen LogP contribution in [-0.2, 0) is 4.74 Å². The predicted octanol–water partition coefficient (Wildman–Crippen LogP) is 4.90. The number of amides is 2. The number of hydrogen-bond donors (Lipinski definition) is 0. The fraction of sp³-hybridized carbons (Fsp3) is 0.345. The molecule has 2 aromatic carbocycles. The molecule has 1 atom stereocenters. The van der Waals surface area contributed by atoms with Crippen LogP contribution in [0.5, 0.6) is 0 Å². The topological polar surface area (TPSA) is 92.7 Å². The van der Waals surface area contributed by atoms with Gasteiger partial charge in [0.15, 0.2) is 5.82 Å². The van der Waals surface area contributed by atoms with E-state index in [1.165, 1.54) is 0 Å². The van der Waals surface area contributed by atoms with Crippen LogP contribution in [0.4, 0.5) is 0 Å². The smallest absolute Gasteiger partial charge is 0.342 e. The maximum absolute atomic E-state index is 13.8. The Bertz CT molecular complexity index is 1330. The summed E-state index contributed by atoms with van der Waals surface area (Å²) in [4.78, 5) is 52.5. The van der Waals surface area contributed by atoms with Gasteiger partial charge >= 0.3 is 5.97 Å². The van der Waals surface area contributed by atoms with Gasteiger partial charge in [-0.3, -0.25) is 9.59 Å². The van der Waals surface area contributed by atoms with Crippen LogP contribution in [0.15, 0.2) is 54.6 Å². The highest BCUT2D eigenvalue weighted by atomic mass is 35.5. The lowest BCUT2D eigenvalue weighted by Crippen LogP contribution is -2.55. The van der Waals surface area contributed by atoms with E-state index in [2.05, 4.69) is 9.97 Å². The minimum atomic E-state index is -0.622. The zero-order chi connectivity index (χ0) is 27.4. The molecule has 0 spiro atoms. The number of carbonyl (C=O) groups is 3. The lowest BCUT2D eigenvalue weighted by molar-refractivity contribution is 0.0399. The highest BCUT2D eigenvalue weighted by Crippen LogP contribution is 2.23. The molecule has 1 aliphatic heterocycles. The number of aromatic nitrogens is 2. The molecule has 0 aliphatic carbocycles.